The van der Waals surface area contributed by atoms with Crippen molar-refractivity contribution in [3.63, 3.8) is 0 Å². The third-order valence-corrected chi connectivity index (χ3v) is 6.63. The first-order chi connectivity index (χ1) is 12.7. The van der Waals surface area contributed by atoms with Crippen LogP contribution in [-0.2, 0) is 4.79 Å². The highest BCUT2D eigenvalue weighted by molar-refractivity contribution is 7.99. The Bertz CT molecular complexity index is 988. The summed E-state index contributed by atoms with van der Waals surface area (Å²) >= 11 is 2.99. The van der Waals surface area contributed by atoms with Crippen molar-refractivity contribution in [1.29, 1.82) is 0 Å². The van der Waals surface area contributed by atoms with Crippen LogP contribution in [0, 0.1) is 0 Å². The van der Waals surface area contributed by atoms with Gasteiger partial charge in [0.25, 0.3) is 0 Å². The number of nitrogens with two attached hydrogens (primary N) is 1. The molecular weight excluding hydrogens is 368 g/mol. The molecule has 0 bridgehead atoms. The number of aromatic nitrogens is 4. The van der Waals surface area contributed by atoms with Gasteiger partial charge in [0, 0.05) is 23.7 Å². The number of hydrogen-bond donors (Lipinski definition) is 2. The van der Waals surface area contributed by atoms with Crippen LogP contribution in [0.2, 0.25) is 0 Å². The second-order valence-electron chi connectivity index (χ2n) is 6.74. The molecule has 5 rings (SSSR count). The van der Waals surface area contributed by atoms with Gasteiger partial charge in [0.1, 0.15) is 4.83 Å². The minimum absolute atomic E-state index is 0.0648. The Balaban J connectivity index is 1.46. The summed E-state index contributed by atoms with van der Waals surface area (Å²) in [5.41, 5.74) is 7.08. The predicted molar refractivity (Wildman–Crippen MR) is 103 cm³/mol. The molecule has 0 aromatic carbocycles. The van der Waals surface area contributed by atoms with Gasteiger partial charge in [-0.05, 0) is 37.8 Å². The number of pyridine rings is 1. The molecule has 2 aliphatic carbocycles. The van der Waals surface area contributed by atoms with Gasteiger partial charge in [0.15, 0.2) is 11.0 Å². The van der Waals surface area contributed by atoms with Crippen molar-refractivity contribution < 1.29 is 4.79 Å². The van der Waals surface area contributed by atoms with Crippen molar-refractivity contribution in [1.82, 2.24) is 25.1 Å². The van der Waals surface area contributed by atoms with Gasteiger partial charge in [-0.15, -0.1) is 21.5 Å². The van der Waals surface area contributed by atoms with Gasteiger partial charge in [0.2, 0.25) is 5.91 Å². The molecule has 0 spiro atoms. The molecule has 134 valence electrons. The first-order valence-electron chi connectivity index (χ1n) is 8.71. The lowest BCUT2D eigenvalue weighted by atomic mass is 10.2. The smallest absolute Gasteiger partial charge is 0.230 e. The number of carbonyl (C=O) groups excluding carboxylic acids is 1. The molecule has 3 N–H and O–H groups in total. The van der Waals surface area contributed by atoms with E-state index in [1.165, 1.54) is 11.8 Å². The first kappa shape index (κ1) is 16.1. The molecule has 0 saturated heterocycles. The van der Waals surface area contributed by atoms with E-state index in [1.807, 2.05) is 12.1 Å². The topological polar surface area (TPSA) is 98.7 Å². The third kappa shape index (κ3) is 2.95. The number of nitrogens with one attached hydrogen (secondary N) is 1. The van der Waals surface area contributed by atoms with Gasteiger partial charge in [-0.1, -0.05) is 11.8 Å². The van der Waals surface area contributed by atoms with E-state index in [2.05, 4.69) is 25.1 Å². The molecule has 2 fully saturated rings. The lowest BCUT2D eigenvalue weighted by Crippen LogP contribution is -2.27. The molecule has 2 aliphatic rings. The zero-order valence-corrected chi connectivity index (χ0v) is 15.6. The molecule has 0 radical (unpaired) electrons. The van der Waals surface area contributed by atoms with Crippen LogP contribution >= 0.6 is 23.1 Å². The number of carbonyl (C=O) groups is 1. The molecule has 3 aromatic heterocycles. The third-order valence-electron chi connectivity index (χ3n) is 4.56. The summed E-state index contributed by atoms with van der Waals surface area (Å²) in [5, 5.41) is 13.5. The van der Waals surface area contributed by atoms with Crippen molar-refractivity contribution in [2.24, 2.45) is 0 Å². The molecular formula is C17H18N6OS2. The first-order valence-corrected chi connectivity index (χ1v) is 10.5. The van der Waals surface area contributed by atoms with E-state index in [9.17, 15) is 4.79 Å². The maximum absolute atomic E-state index is 12.0. The quantitative estimate of drug-likeness (QED) is 0.632. The number of fused-ring (bicyclic) bond motifs is 1. The van der Waals surface area contributed by atoms with Gasteiger partial charge in [-0.3, -0.25) is 9.36 Å². The van der Waals surface area contributed by atoms with Crippen LogP contribution in [0.3, 0.4) is 0 Å². The summed E-state index contributed by atoms with van der Waals surface area (Å²) in [5.74, 6) is 1.22. The normalized spacial score (nSPS) is 16.9. The lowest BCUT2D eigenvalue weighted by Gasteiger charge is -2.08. The number of thiophene rings is 1. The molecule has 0 atom stereocenters. The fourth-order valence-electron chi connectivity index (χ4n) is 2.94. The summed E-state index contributed by atoms with van der Waals surface area (Å²) < 4.78 is 2.15. The highest BCUT2D eigenvalue weighted by Crippen LogP contribution is 2.45. The molecule has 1 amide bonds. The predicted octanol–water partition coefficient (Wildman–Crippen LogP) is 2.84. The van der Waals surface area contributed by atoms with Gasteiger partial charge in [-0.25, -0.2) is 4.98 Å². The van der Waals surface area contributed by atoms with Crippen LogP contribution in [-0.4, -0.2) is 37.5 Å². The average molecular weight is 387 g/mol. The Hall–Kier alpha value is -2.13. The van der Waals surface area contributed by atoms with E-state index in [0.717, 1.165) is 51.8 Å². The van der Waals surface area contributed by atoms with E-state index in [0.29, 0.717) is 23.5 Å². The number of anilines is 1. The van der Waals surface area contributed by atoms with Gasteiger partial charge in [-0.2, -0.15) is 0 Å². The van der Waals surface area contributed by atoms with Gasteiger partial charge < -0.3 is 11.1 Å². The van der Waals surface area contributed by atoms with E-state index in [4.69, 9.17) is 5.73 Å². The Morgan fingerprint density at radius 2 is 2.19 bits per heavy atom. The molecule has 0 unspecified atom stereocenters. The lowest BCUT2D eigenvalue weighted by molar-refractivity contribution is -0.118. The SMILES string of the molecule is Nc1c(-c2nnc(SCC(=O)NC3CC3)n2C2CC2)sc2ncccc12. The van der Waals surface area contributed by atoms with E-state index >= 15 is 0 Å². The molecule has 26 heavy (non-hydrogen) atoms. The maximum Gasteiger partial charge on any atom is 0.230 e. The van der Waals surface area contributed by atoms with Crippen molar-refractivity contribution in [3.05, 3.63) is 18.3 Å². The number of nitrogens with zero attached hydrogens (tertiary/aromatic N) is 4. The van der Waals surface area contributed by atoms with Crippen molar-refractivity contribution in [3.8, 4) is 10.7 Å². The Morgan fingerprint density at radius 1 is 1.35 bits per heavy atom. The van der Waals surface area contributed by atoms with Gasteiger partial charge in [0.05, 0.1) is 16.3 Å². The Morgan fingerprint density at radius 3 is 2.92 bits per heavy atom. The standard InChI is InChI=1S/C17H18N6OS2/c18-13-11-2-1-7-19-16(11)26-14(13)15-21-22-17(23(15)10-5-6-10)25-8-12(24)20-9-3-4-9/h1-2,7,9-10H,3-6,8,18H2,(H,20,24). The second kappa shape index (κ2) is 6.24. The van der Waals surface area contributed by atoms with Crippen LogP contribution in [0.25, 0.3) is 20.9 Å². The zero-order valence-electron chi connectivity index (χ0n) is 14.0. The summed E-state index contributed by atoms with van der Waals surface area (Å²) in [6.45, 7) is 0. The highest BCUT2D eigenvalue weighted by atomic mass is 32.2. The molecule has 7 nitrogen and oxygen atoms in total. The number of rotatable bonds is 6. The number of nitrogen functional groups attached to an aromatic ring is 1. The molecule has 0 aliphatic heterocycles. The van der Waals surface area contributed by atoms with Crippen molar-refractivity contribution >= 4 is 44.9 Å². The van der Waals surface area contributed by atoms with Gasteiger partial charge >= 0.3 is 0 Å². The van der Waals surface area contributed by atoms with E-state index < -0.39 is 0 Å². The summed E-state index contributed by atoms with van der Waals surface area (Å²) in [6, 6.07) is 4.64. The average Bonchev–Trinajstić information content (AvgIpc) is 3.57. The monoisotopic (exact) mass is 386 g/mol. The molecule has 2 saturated carbocycles. The zero-order chi connectivity index (χ0) is 17.7. The van der Waals surface area contributed by atoms with Crippen LogP contribution < -0.4 is 11.1 Å². The fourth-order valence-corrected chi connectivity index (χ4v) is 4.80. The molecule has 3 heterocycles. The Labute approximate surface area is 158 Å². The summed E-state index contributed by atoms with van der Waals surface area (Å²) in [6.07, 6.45) is 6.18. The van der Waals surface area contributed by atoms with Crippen molar-refractivity contribution in [2.45, 2.75) is 42.9 Å². The van der Waals surface area contributed by atoms with Crippen LogP contribution in [0.1, 0.15) is 31.7 Å². The highest BCUT2D eigenvalue weighted by Gasteiger charge is 2.32. The number of hydrogen-bond acceptors (Lipinski definition) is 7. The van der Waals surface area contributed by atoms with E-state index in [-0.39, 0.29) is 5.91 Å². The molecule has 9 heteroatoms. The largest absolute Gasteiger partial charge is 0.397 e. The van der Waals surface area contributed by atoms with E-state index in [1.54, 1.807) is 17.5 Å². The number of thioether (sulfide) groups is 1. The number of amides is 1. The minimum Gasteiger partial charge on any atom is -0.397 e. The van der Waals surface area contributed by atoms with Crippen molar-refractivity contribution in [2.75, 3.05) is 11.5 Å². The summed E-state index contributed by atoms with van der Waals surface area (Å²) in [4.78, 5) is 18.2. The van der Waals surface area contributed by atoms with Crippen LogP contribution in [0.5, 0.6) is 0 Å². The fraction of sp³-hybridized carbons (Fsp3) is 0.412. The Kier molecular flexibility index (Phi) is 3.86. The minimum atomic E-state index is 0.0648. The maximum atomic E-state index is 12.0. The van der Waals surface area contributed by atoms with Crippen LogP contribution in [0.4, 0.5) is 5.69 Å². The summed E-state index contributed by atoms with van der Waals surface area (Å²) in [7, 11) is 0. The van der Waals surface area contributed by atoms with Crippen LogP contribution in [0.15, 0.2) is 23.5 Å². The molecule has 3 aromatic rings. The second-order valence-corrected chi connectivity index (χ2v) is 8.68.